The van der Waals surface area contributed by atoms with Crippen LogP contribution in [0, 0.1) is 0 Å². The van der Waals surface area contributed by atoms with Crippen molar-refractivity contribution in [2.75, 3.05) is 18.8 Å². The first-order valence-corrected chi connectivity index (χ1v) is 8.55. The van der Waals surface area contributed by atoms with Crippen molar-refractivity contribution >= 4 is 35.2 Å². The third kappa shape index (κ3) is 6.71. The molecule has 0 bridgehead atoms. The lowest BCUT2D eigenvalue weighted by Gasteiger charge is -2.25. The van der Waals surface area contributed by atoms with Gasteiger partial charge in [0.05, 0.1) is 17.3 Å². The molecular formula is C16H23ClN2O2S. The number of rotatable bonds is 6. The predicted molar refractivity (Wildman–Crippen MR) is 92.3 cm³/mol. The fourth-order valence-electron chi connectivity index (χ4n) is 1.80. The maximum atomic E-state index is 12.2. The summed E-state index contributed by atoms with van der Waals surface area (Å²) in [7, 11) is 0. The molecule has 4 nitrogen and oxygen atoms in total. The Labute approximate surface area is 141 Å². The van der Waals surface area contributed by atoms with Crippen LogP contribution in [0.1, 0.15) is 27.7 Å². The summed E-state index contributed by atoms with van der Waals surface area (Å²) in [6.45, 7) is 8.18. The van der Waals surface area contributed by atoms with Crippen LogP contribution in [0.2, 0.25) is 5.02 Å². The molecule has 0 spiro atoms. The highest BCUT2D eigenvalue weighted by Crippen LogP contribution is 2.26. The molecule has 0 heterocycles. The molecule has 0 aromatic heterocycles. The average molecular weight is 343 g/mol. The molecule has 0 fully saturated rings. The topological polar surface area (TPSA) is 49.4 Å². The molecule has 0 saturated carbocycles. The summed E-state index contributed by atoms with van der Waals surface area (Å²) < 4.78 is 0. The van der Waals surface area contributed by atoms with Crippen LogP contribution < -0.4 is 5.32 Å². The van der Waals surface area contributed by atoms with Crippen LogP contribution in [0.4, 0.5) is 0 Å². The summed E-state index contributed by atoms with van der Waals surface area (Å²) >= 11 is 7.45. The molecule has 2 amide bonds. The van der Waals surface area contributed by atoms with Crippen LogP contribution in [0.15, 0.2) is 29.2 Å². The van der Waals surface area contributed by atoms with Gasteiger partial charge in [0.15, 0.2) is 0 Å². The highest BCUT2D eigenvalue weighted by atomic mass is 35.5. The zero-order valence-electron chi connectivity index (χ0n) is 13.5. The van der Waals surface area contributed by atoms with Gasteiger partial charge in [0.2, 0.25) is 11.8 Å². The van der Waals surface area contributed by atoms with Crippen molar-refractivity contribution in [3.05, 3.63) is 29.3 Å². The minimum Gasteiger partial charge on any atom is -0.350 e. The van der Waals surface area contributed by atoms with Crippen LogP contribution in [0.25, 0.3) is 0 Å². The van der Waals surface area contributed by atoms with Crippen LogP contribution in [-0.2, 0) is 9.59 Å². The zero-order valence-corrected chi connectivity index (χ0v) is 15.1. The van der Waals surface area contributed by atoms with Crippen LogP contribution in [-0.4, -0.2) is 41.1 Å². The van der Waals surface area contributed by atoms with E-state index in [4.69, 9.17) is 11.6 Å². The summed E-state index contributed by atoms with van der Waals surface area (Å²) in [5.74, 6) is 0.0438. The predicted octanol–water partition coefficient (Wildman–Crippen LogP) is 3.20. The number of nitrogens with one attached hydrogen (secondary N) is 1. The molecule has 0 radical (unpaired) electrons. The van der Waals surface area contributed by atoms with E-state index < -0.39 is 0 Å². The molecule has 22 heavy (non-hydrogen) atoms. The highest BCUT2D eigenvalue weighted by Gasteiger charge is 2.19. The summed E-state index contributed by atoms with van der Waals surface area (Å²) in [5.41, 5.74) is -0.300. The maximum Gasteiger partial charge on any atom is 0.240 e. The molecule has 0 aliphatic carbocycles. The second kappa shape index (κ2) is 8.44. The number of amides is 2. The first kappa shape index (κ1) is 18.8. The first-order chi connectivity index (χ1) is 10.2. The Morgan fingerprint density at radius 2 is 1.91 bits per heavy atom. The van der Waals surface area contributed by atoms with Gasteiger partial charge in [-0.3, -0.25) is 9.59 Å². The smallest absolute Gasteiger partial charge is 0.240 e. The molecule has 122 valence electrons. The first-order valence-electron chi connectivity index (χ1n) is 7.19. The third-order valence-electron chi connectivity index (χ3n) is 2.77. The molecule has 0 aliphatic rings. The van der Waals surface area contributed by atoms with E-state index in [1.165, 1.54) is 11.8 Å². The SMILES string of the molecule is CCN(CC(=O)NC(C)(C)C)C(=O)CSc1ccccc1Cl. The lowest BCUT2D eigenvalue weighted by Crippen LogP contribution is -2.47. The molecular weight excluding hydrogens is 320 g/mol. The minimum atomic E-state index is -0.300. The fraction of sp³-hybridized carbons (Fsp3) is 0.500. The van der Waals surface area contributed by atoms with Crippen LogP contribution >= 0.6 is 23.4 Å². The Morgan fingerprint density at radius 3 is 2.45 bits per heavy atom. The number of halogens is 1. The number of carbonyl (C=O) groups excluding carboxylic acids is 2. The van der Waals surface area contributed by atoms with Crippen molar-refractivity contribution in [1.82, 2.24) is 10.2 Å². The quantitative estimate of drug-likeness (QED) is 0.808. The number of carbonyl (C=O) groups is 2. The second-order valence-electron chi connectivity index (χ2n) is 5.93. The number of thioether (sulfide) groups is 1. The Hall–Kier alpha value is -1.20. The lowest BCUT2D eigenvalue weighted by molar-refractivity contribution is -0.134. The second-order valence-corrected chi connectivity index (χ2v) is 7.35. The van der Waals surface area contributed by atoms with Crippen molar-refractivity contribution in [2.24, 2.45) is 0 Å². The van der Waals surface area contributed by atoms with Crippen molar-refractivity contribution < 1.29 is 9.59 Å². The Balaban J connectivity index is 2.54. The average Bonchev–Trinajstić information content (AvgIpc) is 2.41. The van der Waals surface area contributed by atoms with E-state index in [2.05, 4.69) is 5.32 Å². The maximum absolute atomic E-state index is 12.2. The van der Waals surface area contributed by atoms with Gasteiger partial charge >= 0.3 is 0 Å². The van der Waals surface area contributed by atoms with E-state index in [1.54, 1.807) is 11.0 Å². The molecule has 1 rings (SSSR count). The Morgan fingerprint density at radius 1 is 1.27 bits per heavy atom. The third-order valence-corrected chi connectivity index (χ3v) is 4.27. The molecule has 1 aromatic rings. The van der Waals surface area contributed by atoms with Crippen molar-refractivity contribution in [2.45, 2.75) is 38.1 Å². The van der Waals surface area contributed by atoms with Gasteiger partial charge in [-0.2, -0.15) is 0 Å². The summed E-state index contributed by atoms with van der Waals surface area (Å²) in [6, 6.07) is 7.40. The summed E-state index contributed by atoms with van der Waals surface area (Å²) in [6.07, 6.45) is 0. The van der Waals surface area contributed by atoms with E-state index in [0.29, 0.717) is 11.6 Å². The highest BCUT2D eigenvalue weighted by molar-refractivity contribution is 8.00. The number of likely N-dealkylation sites (N-methyl/N-ethyl adjacent to an activating group) is 1. The Kier molecular flexibility index (Phi) is 7.23. The van der Waals surface area contributed by atoms with Gasteiger partial charge in [0, 0.05) is 17.0 Å². The van der Waals surface area contributed by atoms with Gasteiger partial charge < -0.3 is 10.2 Å². The van der Waals surface area contributed by atoms with Gasteiger partial charge in [-0.15, -0.1) is 11.8 Å². The number of hydrogen-bond donors (Lipinski definition) is 1. The minimum absolute atomic E-state index is 0.0727. The molecule has 6 heteroatoms. The number of nitrogens with zero attached hydrogens (tertiary/aromatic N) is 1. The van der Waals surface area contributed by atoms with Crippen LogP contribution in [0.5, 0.6) is 0 Å². The number of benzene rings is 1. The molecule has 0 atom stereocenters. The standard InChI is InChI=1S/C16H23ClN2O2S/c1-5-19(10-14(20)18-16(2,3)4)15(21)11-22-13-9-7-6-8-12(13)17/h6-9H,5,10-11H2,1-4H3,(H,18,20). The van der Waals surface area contributed by atoms with Gasteiger partial charge in [-0.1, -0.05) is 23.7 Å². The van der Waals surface area contributed by atoms with E-state index in [-0.39, 0.29) is 29.7 Å². The van der Waals surface area contributed by atoms with Gasteiger partial charge in [0.25, 0.3) is 0 Å². The van der Waals surface area contributed by atoms with E-state index in [0.717, 1.165) is 4.90 Å². The van der Waals surface area contributed by atoms with Crippen LogP contribution in [0.3, 0.4) is 0 Å². The van der Waals surface area contributed by atoms with Crippen molar-refractivity contribution in [3.63, 3.8) is 0 Å². The normalized spacial score (nSPS) is 11.1. The van der Waals surface area contributed by atoms with Crippen molar-refractivity contribution in [3.8, 4) is 0 Å². The fourth-order valence-corrected chi connectivity index (χ4v) is 2.94. The molecule has 1 aromatic carbocycles. The van der Waals surface area contributed by atoms with Gasteiger partial charge in [0.1, 0.15) is 0 Å². The van der Waals surface area contributed by atoms with E-state index >= 15 is 0 Å². The van der Waals surface area contributed by atoms with Gasteiger partial charge in [-0.05, 0) is 39.8 Å². The monoisotopic (exact) mass is 342 g/mol. The van der Waals surface area contributed by atoms with E-state index in [9.17, 15) is 9.59 Å². The molecule has 1 N–H and O–H groups in total. The van der Waals surface area contributed by atoms with Gasteiger partial charge in [-0.25, -0.2) is 0 Å². The number of hydrogen-bond acceptors (Lipinski definition) is 3. The molecule has 0 unspecified atom stereocenters. The Bertz CT molecular complexity index is 529. The van der Waals surface area contributed by atoms with E-state index in [1.807, 2.05) is 45.9 Å². The lowest BCUT2D eigenvalue weighted by atomic mass is 10.1. The summed E-state index contributed by atoms with van der Waals surface area (Å²) in [5, 5.41) is 3.49. The molecule has 0 aliphatic heterocycles. The zero-order chi connectivity index (χ0) is 16.8. The van der Waals surface area contributed by atoms with Crippen molar-refractivity contribution in [1.29, 1.82) is 0 Å². The summed E-state index contributed by atoms with van der Waals surface area (Å²) in [4.78, 5) is 26.6. The molecule has 0 saturated heterocycles. The largest absolute Gasteiger partial charge is 0.350 e.